The molecule has 1 aromatic rings. The van der Waals surface area contributed by atoms with E-state index in [9.17, 15) is 22.8 Å². The van der Waals surface area contributed by atoms with E-state index in [0.29, 0.717) is 0 Å². The van der Waals surface area contributed by atoms with E-state index in [1.54, 1.807) is 32.0 Å². The fourth-order valence-electron chi connectivity index (χ4n) is 1.61. The molecule has 0 saturated heterocycles. The van der Waals surface area contributed by atoms with Crippen LogP contribution in [-0.4, -0.2) is 30.7 Å². The fraction of sp³-hybridized carbons (Fsp3) is 0.467. The number of carbonyl (C=O) groups excluding carboxylic acids is 2. The highest BCUT2D eigenvalue weighted by atomic mass is 19.4. The van der Waals surface area contributed by atoms with Crippen LogP contribution in [0.5, 0.6) is 0 Å². The van der Waals surface area contributed by atoms with Gasteiger partial charge in [-0.1, -0.05) is 32.0 Å². The Bertz CT molecular complexity index is 501. The molecule has 0 bridgehead atoms. The monoisotopic (exact) mass is 317 g/mol. The third kappa shape index (κ3) is 6.60. The van der Waals surface area contributed by atoms with Crippen LogP contribution in [0.4, 0.5) is 13.2 Å². The number of benzene rings is 1. The summed E-state index contributed by atoms with van der Waals surface area (Å²) in [5.74, 6) is -1.85. The van der Waals surface area contributed by atoms with Gasteiger partial charge in [0.05, 0.1) is 13.0 Å². The molecule has 0 heterocycles. The van der Waals surface area contributed by atoms with Gasteiger partial charge in [0, 0.05) is 5.56 Å². The van der Waals surface area contributed by atoms with Gasteiger partial charge in [-0.3, -0.25) is 4.79 Å². The van der Waals surface area contributed by atoms with Crippen LogP contribution in [0.2, 0.25) is 0 Å². The minimum absolute atomic E-state index is 0.00556. The SMILES string of the molecule is CC(C)COC(=O)C(CC(F)(F)F)NC(=O)c1ccccc1. The maximum atomic E-state index is 12.6. The first-order valence-electron chi connectivity index (χ1n) is 6.78. The Balaban J connectivity index is 2.77. The number of carbonyl (C=O) groups is 2. The average Bonchev–Trinajstić information content (AvgIpc) is 2.43. The van der Waals surface area contributed by atoms with Crippen molar-refractivity contribution in [1.29, 1.82) is 0 Å². The van der Waals surface area contributed by atoms with E-state index in [0.717, 1.165) is 0 Å². The van der Waals surface area contributed by atoms with Crippen molar-refractivity contribution in [3.63, 3.8) is 0 Å². The zero-order valence-corrected chi connectivity index (χ0v) is 12.3. The van der Waals surface area contributed by atoms with Gasteiger partial charge in [-0.15, -0.1) is 0 Å². The number of rotatable bonds is 6. The Morgan fingerprint density at radius 2 is 1.77 bits per heavy atom. The van der Waals surface area contributed by atoms with E-state index >= 15 is 0 Å². The summed E-state index contributed by atoms with van der Waals surface area (Å²) in [6.45, 7) is 3.51. The number of hydrogen-bond donors (Lipinski definition) is 1. The van der Waals surface area contributed by atoms with Gasteiger partial charge in [-0.05, 0) is 18.1 Å². The van der Waals surface area contributed by atoms with Crippen molar-refractivity contribution in [1.82, 2.24) is 5.32 Å². The second kappa shape index (κ2) is 7.82. The van der Waals surface area contributed by atoms with Crippen LogP contribution < -0.4 is 5.32 Å². The lowest BCUT2D eigenvalue weighted by atomic mass is 10.1. The van der Waals surface area contributed by atoms with Crippen LogP contribution in [-0.2, 0) is 9.53 Å². The van der Waals surface area contributed by atoms with Gasteiger partial charge in [0.1, 0.15) is 6.04 Å². The summed E-state index contributed by atoms with van der Waals surface area (Å²) >= 11 is 0. The van der Waals surface area contributed by atoms with Gasteiger partial charge in [0.2, 0.25) is 0 Å². The van der Waals surface area contributed by atoms with E-state index in [-0.39, 0.29) is 18.1 Å². The Kier molecular flexibility index (Phi) is 6.39. The van der Waals surface area contributed by atoms with Crippen LogP contribution in [0.15, 0.2) is 30.3 Å². The van der Waals surface area contributed by atoms with E-state index < -0.39 is 30.5 Å². The highest BCUT2D eigenvalue weighted by Gasteiger charge is 2.37. The largest absolute Gasteiger partial charge is 0.464 e. The average molecular weight is 317 g/mol. The van der Waals surface area contributed by atoms with Gasteiger partial charge in [-0.25, -0.2) is 4.79 Å². The molecule has 7 heteroatoms. The molecular formula is C15H18F3NO3. The maximum Gasteiger partial charge on any atom is 0.391 e. The number of esters is 1. The first kappa shape index (κ1) is 18.0. The van der Waals surface area contributed by atoms with Crippen LogP contribution in [0, 0.1) is 5.92 Å². The Morgan fingerprint density at radius 1 is 1.18 bits per heavy atom. The molecule has 0 spiro atoms. The predicted molar refractivity (Wildman–Crippen MR) is 74.2 cm³/mol. The third-order valence-corrected chi connectivity index (χ3v) is 2.62. The predicted octanol–water partition coefficient (Wildman–Crippen LogP) is 2.94. The van der Waals surface area contributed by atoms with Gasteiger partial charge in [0.25, 0.3) is 5.91 Å². The molecule has 0 saturated carbocycles. The molecule has 0 radical (unpaired) electrons. The Morgan fingerprint density at radius 3 is 2.27 bits per heavy atom. The zero-order chi connectivity index (χ0) is 16.8. The number of halogens is 3. The van der Waals surface area contributed by atoms with Gasteiger partial charge in [-0.2, -0.15) is 13.2 Å². The Labute approximate surface area is 126 Å². The summed E-state index contributed by atoms with van der Waals surface area (Å²) in [6, 6.07) is 5.95. The highest BCUT2D eigenvalue weighted by Crippen LogP contribution is 2.22. The number of amides is 1. The molecule has 1 rings (SSSR count). The minimum Gasteiger partial charge on any atom is -0.464 e. The lowest BCUT2D eigenvalue weighted by Gasteiger charge is -2.19. The summed E-state index contributed by atoms with van der Waals surface area (Å²) in [5, 5.41) is 2.08. The maximum absolute atomic E-state index is 12.6. The normalized spacial score (nSPS) is 12.8. The molecule has 122 valence electrons. The molecule has 0 aliphatic heterocycles. The number of ether oxygens (including phenoxy) is 1. The standard InChI is InChI=1S/C15H18F3NO3/c1-10(2)9-22-14(21)12(8-15(16,17)18)19-13(20)11-6-4-3-5-7-11/h3-7,10,12H,8-9H2,1-2H3,(H,19,20). The highest BCUT2D eigenvalue weighted by molar-refractivity contribution is 5.96. The van der Waals surface area contributed by atoms with Crippen molar-refractivity contribution >= 4 is 11.9 Å². The lowest BCUT2D eigenvalue weighted by Crippen LogP contribution is -2.44. The van der Waals surface area contributed by atoms with Crippen LogP contribution in [0.25, 0.3) is 0 Å². The summed E-state index contributed by atoms with van der Waals surface area (Å²) in [5.41, 5.74) is 0.173. The first-order chi connectivity index (χ1) is 10.2. The zero-order valence-electron chi connectivity index (χ0n) is 12.3. The van der Waals surface area contributed by atoms with Crippen molar-refractivity contribution in [2.45, 2.75) is 32.5 Å². The molecular weight excluding hydrogens is 299 g/mol. The smallest absolute Gasteiger partial charge is 0.391 e. The molecule has 0 aromatic heterocycles. The minimum atomic E-state index is -4.59. The van der Waals surface area contributed by atoms with Gasteiger partial charge >= 0.3 is 12.1 Å². The number of alkyl halides is 3. The van der Waals surface area contributed by atoms with E-state index in [2.05, 4.69) is 5.32 Å². The molecule has 0 aliphatic rings. The lowest BCUT2D eigenvalue weighted by molar-refractivity contribution is -0.162. The van der Waals surface area contributed by atoms with Crippen molar-refractivity contribution in [3.8, 4) is 0 Å². The fourth-order valence-corrected chi connectivity index (χ4v) is 1.61. The van der Waals surface area contributed by atoms with Crippen molar-refractivity contribution in [2.75, 3.05) is 6.61 Å². The molecule has 22 heavy (non-hydrogen) atoms. The molecule has 4 nitrogen and oxygen atoms in total. The quantitative estimate of drug-likeness (QED) is 0.821. The molecule has 1 amide bonds. The van der Waals surface area contributed by atoms with E-state index in [1.165, 1.54) is 12.1 Å². The summed E-state index contributed by atoms with van der Waals surface area (Å²) < 4.78 is 42.5. The van der Waals surface area contributed by atoms with Gasteiger partial charge in [0.15, 0.2) is 0 Å². The molecule has 0 aliphatic carbocycles. The molecule has 1 atom stereocenters. The third-order valence-electron chi connectivity index (χ3n) is 2.62. The van der Waals surface area contributed by atoms with E-state index in [1.807, 2.05) is 0 Å². The van der Waals surface area contributed by atoms with Crippen molar-refractivity contribution in [2.24, 2.45) is 5.92 Å². The topological polar surface area (TPSA) is 55.4 Å². The van der Waals surface area contributed by atoms with Gasteiger partial charge < -0.3 is 10.1 Å². The van der Waals surface area contributed by atoms with Crippen LogP contribution in [0.3, 0.4) is 0 Å². The van der Waals surface area contributed by atoms with Crippen molar-refractivity contribution in [3.05, 3.63) is 35.9 Å². The van der Waals surface area contributed by atoms with Crippen LogP contribution in [0.1, 0.15) is 30.6 Å². The first-order valence-corrected chi connectivity index (χ1v) is 6.78. The van der Waals surface area contributed by atoms with Crippen LogP contribution >= 0.6 is 0 Å². The summed E-state index contributed by atoms with van der Waals surface area (Å²) in [6.07, 6.45) is -6.06. The molecule has 1 unspecified atom stereocenters. The Hall–Kier alpha value is -2.05. The second-order valence-corrected chi connectivity index (χ2v) is 5.24. The molecule has 0 fully saturated rings. The number of hydrogen-bond acceptors (Lipinski definition) is 3. The van der Waals surface area contributed by atoms with Crippen molar-refractivity contribution < 1.29 is 27.5 Å². The van der Waals surface area contributed by atoms with E-state index in [4.69, 9.17) is 4.74 Å². The number of nitrogens with one attached hydrogen (secondary N) is 1. The summed E-state index contributed by atoms with van der Waals surface area (Å²) in [4.78, 5) is 23.7. The summed E-state index contributed by atoms with van der Waals surface area (Å²) in [7, 11) is 0. The molecule has 1 aromatic carbocycles. The molecule has 1 N–H and O–H groups in total. The second-order valence-electron chi connectivity index (χ2n) is 5.24.